The van der Waals surface area contributed by atoms with Crippen LogP contribution in [0.5, 0.6) is 0 Å². The molecule has 0 aromatic heterocycles. The second-order valence-corrected chi connectivity index (χ2v) is 6.18. The lowest BCUT2D eigenvalue weighted by Crippen LogP contribution is -2.25. The first-order valence-corrected chi connectivity index (χ1v) is 7.70. The Morgan fingerprint density at radius 2 is 1.95 bits per heavy atom. The number of nitrogens with one attached hydrogen (secondary N) is 1. The van der Waals surface area contributed by atoms with Crippen LogP contribution in [-0.2, 0) is 0 Å². The zero-order valence-corrected chi connectivity index (χ0v) is 14.2. The Balaban J connectivity index is 2.43. The quantitative estimate of drug-likeness (QED) is 0.614. The molecule has 0 fully saturated rings. The van der Waals surface area contributed by atoms with Crippen LogP contribution in [0.1, 0.15) is 24.1 Å². The molecule has 2 aromatic carbocycles. The second-order valence-electron chi connectivity index (χ2n) is 4.89. The Kier molecular flexibility index (Phi) is 4.91. The zero-order valence-electron chi connectivity index (χ0n) is 11.9. The number of nitrogens with two attached hydrogens (primary N) is 1. The van der Waals surface area contributed by atoms with Crippen LogP contribution in [0, 0.1) is 5.41 Å². The minimum absolute atomic E-state index is 0.0441. The largest absolute Gasteiger partial charge is 0.384 e. The Morgan fingerprint density at radius 1 is 1.29 bits per heavy atom. The van der Waals surface area contributed by atoms with Gasteiger partial charge in [-0.25, -0.2) is 0 Å². The van der Waals surface area contributed by atoms with Crippen LogP contribution in [0.25, 0.3) is 0 Å². The number of nitrogen functional groups attached to an aromatic ring is 1. The van der Waals surface area contributed by atoms with E-state index in [0.717, 1.165) is 15.7 Å². The summed E-state index contributed by atoms with van der Waals surface area (Å²) >= 11 is 9.53. The fraction of sp³-hybridized carbons (Fsp3) is 0.188. The fourth-order valence-electron chi connectivity index (χ4n) is 2.27. The first kappa shape index (κ1) is 15.9. The highest BCUT2D eigenvalue weighted by atomic mass is 79.9. The number of benzene rings is 2. The predicted molar refractivity (Wildman–Crippen MR) is 93.4 cm³/mol. The molecule has 0 amide bonds. The molecule has 2 rings (SSSR count). The summed E-state index contributed by atoms with van der Waals surface area (Å²) in [5, 5.41) is 8.51. The third kappa shape index (κ3) is 3.39. The van der Waals surface area contributed by atoms with Crippen molar-refractivity contribution in [2.24, 2.45) is 5.73 Å². The standard InChI is InChI=1S/C16H17BrClN3/c1-10(11-5-3-6-12(18)9-11)21(2)14-8-4-7-13(17)15(14)16(19)20/h3-10H,1-2H3,(H3,19,20). The van der Waals surface area contributed by atoms with E-state index in [0.29, 0.717) is 10.6 Å². The molecule has 0 aliphatic heterocycles. The van der Waals surface area contributed by atoms with E-state index in [1.54, 1.807) is 0 Å². The highest BCUT2D eigenvalue weighted by molar-refractivity contribution is 9.10. The summed E-state index contributed by atoms with van der Waals surface area (Å²) < 4.78 is 0.817. The number of amidine groups is 1. The van der Waals surface area contributed by atoms with Crippen molar-refractivity contribution < 1.29 is 0 Å². The lowest BCUT2D eigenvalue weighted by Gasteiger charge is -2.29. The van der Waals surface area contributed by atoms with Gasteiger partial charge in [-0.15, -0.1) is 0 Å². The molecule has 0 radical (unpaired) electrons. The highest BCUT2D eigenvalue weighted by Crippen LogP contribution is 2.32. The van der Waals surface area contributed by atoms with Gasteiger partial charge in [-0.2, -0.15) is 0 Å². The van der Waals surface area contributed by atoms with Crippen molar-refractivity contribution in [1.82, 2.24) is 0 Å². The number of hydrogen-bond donors (Lipinski definition) is 2. The summed E-state index contributed by atoms with van der Waals surface area (Å²) in [6.45, 7) is 2.09. The highest BCUT2D eigenvalue weighted by Gasteiger charge is 2.18. The summed E-state index contributed by atoms with van der Waals surface area (Å²) in [5.41, 5.74) is 8.44. The minimum atomic E-state index is 0.0441. The second kappa shape index (κ2) is 6.50. The Labute approximate surface area is 138 Å². The van der Waals surface area contributed by atoms with E-state index in [4.69, 9.17) is 22.7 Å². The smallest absolute Gasteiger partial charge is 0.126 e. The van der Waals surface area contributed by atoms with Crippen LogP contribution in [0.15, 0.2) is 46.9 Å². The molecule has 21 heavy (non-hydrogen) atoms. The first-order chi connectivity index (χ1) is 9.91. The Morgan fingerprint density at radius 3 is 2.57 bits per heavy atom. The van der Waals surface area contributed by atoms with Gasteiger partial charge in [-0.05, 0) is 52.7 Å². The summed E-state index contributed by atoms with van der Waals surface area (Å²) in [5.74, 6) is 0.0441. The van der Waals surface area contributed by atoms with Gasteiger partial charge in [0.15, 0.2) is 0 Å². The molecule has 0 aliphatic carbocycles. The predicted octanol–water partition coefficient (Wildman–Crippen LogP) is 4.58. The summed E-state index contributed by atoms with van der Waals surface area (Å²) in [4.78, 5) is 2.09. The van der Waals surface area contributed by atoms with Crippen molar-refractivity contribution in [3.63, 3.8) is 0 Å². The third-order valence-corrected chi connectivity index (χ3v) is 4.45. The number of anilines is 1. The monoisotopic (exact) mass is 365 g/mol. The molecule has 110 valence electrons. The van der Waals surface area contributed by atoms with Gasteiger partial charge in [0.25, 0.3) is 0 Å². The van der Waals surface area contributed by atoms with Gasteiger partial charge in [-0.1, -0.05) is 29.8 Å². The van der Waals surface area contributed by atoms with E-state index in [1.165, 1.54) is 0 Å². The summed E-state index contributed by atoms with van der Waals surface area (Å²) in [6.07, 6.45) is 0. The van der Waals surface area contributed by atoms with Crippen LogP contribution in [0.2, 0.25) is 5.02 Å². The van der Waals surface area contributed by atoms with Crippen molar-refractivity contribution in [3.05, 3.63) is 63.1 Å². The molecular formula is C16H17BrClN3. The SMILES string of the molecule is CC(c1cccc(Cl)c1)N(C)c1cccc(Br)c1C(=N)N. The fourth-order valence-corrected chi connectivity index (χ4v) is 3.04. The maximum Gasteiger partial charge on any atom is 0.126 e. The molecule has 5 heteroatoms. The molecule has 2 aromatic rings. The van der Waals surface area contributed by atoms with Crippen LogP contribution < -0.4 is 10.6 Å². The van der Waals surface area contributed by atoms with E-state index < -0.39 is 0 Å². The van der Waals surface area contributed by atoms with E-state index in [9.17, 15) is 0 Å². The minimum Gasteiger partial charge on any atom is -0.384 e. The van der Waals surface area contributed by atoms with E-state index >= 15 is 0 Å². The van der Waals surface area contributed by atoms with Gasteiger partial charge >= 0.3 is 0 Å². The van der Waals surface area contributed by atoms with E-state index in [2.05, 4.69) is 27.8 Å². The van der Waals surface area contributed by atoms with E-state index in [-0.39, 0.29) is 11.9 Å². The van der Waals surface area contributed by atoms with Crippen molar-refractivity contribution in [1.29, 1.82) is 5.41 Å². The lowest BCUT2D eigenvalue weighted by molar-refractivity contribution is 0.739. The molecule has 0 aliphatic rings. The van der Waals surface area contributed by atoms with Gasteiger partial charge in [0.05, 0.1) is 11.6 Å². The van der Waals surface area contributed by atoms with E-state index in [1.807, 2.05) is 49.5 Å². The molecule has 3 N–H and O–H groups in total. The summed E-state index contributed by atoms with van der Waals surface area (Å²) in [7, 11) is 1.99. The Hall–Kier alpha value is -1.52. The zero-order chi connectivity index (χ0) is 15.6. The maximum absolute atomic E-state index is 7.79. The molecule has 0 heterocycles. The molecule has 0 bridgehead atoms. The molecule has 0 spiro atoms. The molecule has 0 saturated carbocycles. The number of halogens is 2. The molecular weight excluding hydrogens is 350 g/mol. The van der Waals surface area contributed by atoms with Crippen LogP contribution in [0.3, 0.4) is 0 Å². The van der Waals surface area contributed by atoms with Crippen molar-refractivity contribution in [3.8, 4) is 0 Å². The number of nitrogens with zero attached hydrogens (tertiary/aromatic N) is 1. The van der Waals surface area contributed by atoms with Crippen molar-refractivity contribution in [2.45, 2.75) is 13.0 Å². The van der Waals surface area contributed by atoms with Crippen molar-refractivity contribution in [2.75, 3.05) is 11.9 Å². The molecule has 3 nitrogen and oxygen atoms in total. The maximum atomic E-state index is 7.79. The van der Waals surface area contributed by atoms with Crippen LogP contribution in [-0.4, -0.2) is 12.9 Å². The van der Waals surface area contributed by atoms with Crippen LogP contribution in [0.4, 0.5) is 5.69 Å². The lowest BCUT2D eigenvalue weighted by atomic mass is 10.0. The van der Waals surface area contributed by atoms with Crippen molar-refractivity contribution >= 4 is 39.1 Å². The van der Waals surface area contributed by atoms with Crippen LogP contribution >= 0.6 is 27.5 Å². The molecule has 1 unspecified atom stereocenters. The topological polar surface area (TPSA) is 53.1 Å². The van der Waals surface area contributed by atoms with Gasteiger partial charge in [0.2, 0.25) is 0 Å². The van der Waals surface area contributed by atoms with Gasteiger partial charge in [0, 0.05) is 22.2 Å². The third-order valence-electron chi connectivity index (χ3n) is 3.55. The normalized spacial score (nSPS) is 12.0. The molecule has 1 atom stereocenters. The number of rotatable bonds is 4. The average Bonchev–Trinajstić information content (AvgIpc) is 2.45. The Bertz CT molecular complexity index is 672. The first-order valence-electron chi connectivity index (χ1n) is 6.53. The molecule has 0 saturated heterocycles. The number of hydrogen-bond acceptors (Lipinski definition) is 2. The summed E-state index contributed by atoms with van der Waals surface area (Å²) in [6, 6.07) is 13.7. The van der Waals surface area contributed by atoms with Gasteiger partial charge < -0.3 is 10.6 Å². The average molecular weight is 367 g/mol. The van der Waals surface area contributed by atoms with Gasteiger partial charge in [-0.3, -0.25) is 5.41 Å². The van der Waals surface area contributed by atoms with Gasteiger partial charge in [0.1, 0.15) is 5.84 Å².